The summed E-state index contributed by atoms with van der Waals surface area (Å²) in [6, 6.07) is 5.81. The summed E-state index contributed by atoms with van der Waals surface area (Å²) < 4.78 is 0. The lowest BCUT2D eigenvalue weighted by Gasteiger charge is -2.16. The summed E-state index contributed by atoms with van der Waals surface area (Å²) in [5, 5.41) is 20.9. The van der Waals surface area contributed by atoms with E-state index in [1.165, 1.54) is 29.5 Å². The van der Waals surface area contributed by atoms with Crippen molar-refractivity contribution in [1.29, 1.82) is 0 Å². The number of nitrogens with one attached hydrogen (secondary N) is 1. The minimum absolute atomic E-state index is 0.0322. The molecule has 1 heterocycles. The predicted molar refractivity (Wildman–Crippen MR) is 76.6 cm³/mol. The quantitative estimate of drug-likeness (QED) is 0.757. The molecule has 1 aromatic carbocycles. The highest BCUT2D eigenvalue weighted by Gasteiger charge is 2.20. The molecule has 102 valence electrons. The van der Waals surface area contributed by atoms with Crippen LogP contribution in [0.2, 0.25) is 0 Å². The monoisotopic (exact) mass is 279 g/mol. The van der Waals surface area contributed by atoms with Crippen molar-refractivity contribution >= 4 is 22.5 Å². The van der Waals surface area contributed by atoms with Gasteiger partial charge in [0.1, 0.15) is 6.10 Å². The van der Waals surface area contributed by atoms with Crippen molar-refractivity contribution in [3.05, 3.63) is 35.0 Å². The molecule has 2 atom stereocenters. The number of rotatable bonds is 3. The number of halogens is 1. The average Bonchev–Trinajstić information content (AvgIpc) is 2.83. The Kier molecular flexibility index (Phi) is 3.52. The third-order valence-corrected chi connectivity index (χ3v) is 4.30. The Balaban J connectivity index is 2.04. The largest absolute Gasteiger partial charge is 0.389 e. The molecule has 0 spiro atoms. The number of alkyl halides is 1. The van der Waals surface area contributed by atoms with Crippen LogP contribution in [0.15, 0.2) is 18.2 Å². The Morgan fingerprint density at radius 3 is 2.79 bits per heavy atom. The molecule has 0 radical (unpaired) electrons. The normalized spacial score (nSPS) is 18.3. The minimum atomic E-state index is -0.922. The van der Waals surface area contributed by atoms with Gasteiger partial charge in [-0.15, -0.1) is 11.6 Å². The van der Waals surface area contributed by atoms with Gasteiger partial charge in [-0.2, -0.15) is 0 Å². The third-order valence-electron chi connectivity index (χ3n) is 3.99. The van der Waals surface area contributed by atoms with Crippen molar-refractivity contribution in [3.63, 3.8) is 0 Å². The van der Waals surface area contributed by atoms with Gasteiger partial charge in [-0.1, -0.05) is 6.07 Å². The number of benzene rings is 1. The van der Waals surface area contributed by atoms with Gasteiger partial charge in [-0.3, -0.25) is 0 Å². The number of hydrogen-bond donors (Lipinski definition) is 3. The van der Waals surface area contributed by atoms with Gasteiger partial charge in [0.05, 0.1) is 12.0 Å². The number of aryl methyl sites for hydroxylation is 2. The molecule has 4 heteroatoms. The smallest absolute Gasteiger partial charge is 0.106 e. The van der Waals surface area contributed by atoms with Crippen molar-refractivity contribution in [3.8, 4) is 0 Å². The summed E-state index contributed by atoms with van der Waals surface area (Å²) in [7, 11) is 0. The Labute approximate surface area is 117 Å². The predicted octanol–water partition coefficient (Wildman–Crippen LogP) is 2.68. The molecule has 0 saturated carbocycles. The van der Waals surface area contributed by atoms with E-state index in [9.17, 15) is 10.2 Å². The van der Waals surface area contributed by atoms with Crippen LogP contribution in [0.1, 0.15) is 35.8 Å². The standard InChI is InChI=1S/C15H18ClNO2/c16-8-14(18)15(19)9-5-6-13-11(7-9)10-3-1-2-4-12(10)17-13/h5-7,14-15,17-19H,1-4,8H2. The molecule has 3 nitrogen and oxygen atoms in total. The van der Waals surface area contributed by atoms with Crippen LogP contribution in [0.25, 0.3) is 10.9 Å². The van der Waals surface area contributed by atoms with Crippen LogP contribution in [-0.2, 0) is 12.8 Å². The van der Waals surface area contributed by atoms with Gasteiger partial charge >= 0.3 is 0 Å². The first-order valence-electron chi connectivity index (χ1n) is 6.76. The Morgan fingerprint density at radius 2 is 2.00 bits per heavy atom. The number of hydrogen-bond acceptors (Lipinski definition) is 2. The first kappa shape index (κ1) is 13.0. The summed E-state index contributed by atoms with van der Waals surface area (Å²) in [4.78, 5) is 3.46. The second-order valence-electron chi connectivity index (χ2n) is 5.26. The molecule has 0 bridgehead atoms. The molecule has 0 fully saturated rings. The topological polar surface area (TPSA) is 56.2 Å². The van der Waals surface area contributed by atoms with E-state index in [0.717, 1.165) is 23.9 Å². The molecule has 0 amide bonds. The fourth-order valence-electron chi connectivity index (χ4n) is 2.91. The molecule has 3 rings (SSSR count). The second-order valence-corrected chi connectivity index (χ2v) is 5.57. The molecule has 0 aliphatic heterocycles. The maximum atomic E-state index is 10.0. The van der Waals surface area contributed by atoms with Gasteiger partial charge in [0.15, 0.2) is 0 Å². The molecule has 3 N–H and O–H groups in total. The van der Waals surface area contributed by atoms with E-state index in [4.69, 9.17) is 11.6 Å². The molecule has 0 saturated heterocycles. The van der Waals surface area contributed by atoms with E-state index < -0.39 is 12.2 Å². The Morgan fingerprint density at radius 1 is 1.21 bits per heavy atom. The van der Waals surface area contributed by atoms with Crippen molar-refractivity contribution in [2.24, 2.45) is 0 Å². The highest BCUT2D eigenvalue weighted by molar-refractivity contribution is 6.18. The van der Waals surface area contributed by atoms with Gasteiger partial charge in [0.2, 0.25) is 0 Å². The number of aromatic nitrogens is 1. The first-order chi connectivity index (χ1) is 9.20. The number of H-pyrrole nitrogens is 1. The molecular weight excluding hydrogens is 262 g/mol. The Bertz CT molecular complexity index is 593. The summed E-state index contributed by atoms with van der Waals surface area (Å²) in [5.74, 6) is 0.0322. The number of aliphatic hydroxyl groups excluding tert-OH is 2. The summed E-state index contributed by atoms with van der Waals surface area (Å²) in [6.07, 6.45) is 2.81. The lowest BCUT2D eigenvalue weighted by molar-refractivity contribution is 0.0328. The van der Waals surface area contributed by atoms with E-state index in [1.54, 1.807) is 0 Å². The average molecular weight is 280 g/mol. The van der Waals surface area contributed by atoms with Gasteiger partial charge in [0, 0.05) is 16.6 Å². The van der Waals surface area contributed by atoms with Crippen LogP contribution < -0.4 is 0 Å². The van der Waals surface area contributed by atoms with Crippen LogP contribution in [0, 0.1) is 0 Å². The first-order valence-corrected chi connectivity index (χ1v) is 7.29. The van der Waals surface area contributed by atoms with Crippen molar-refractivity contribution in [2.75, 3.05) is 5.88 Å². The van der Waals surface area contributed by atoms with E-state index >= 15 is 0 Å². The zero-order chi connectivity index (χ0) is 13.4. The summed E-state index contributed by atoms with van der Waals surface area (Å²) >= 11 is 5.59. The Hall–Kier alpha value is -1.03. The van der Waals surface area contributed by atoms with Gasteiger partial charge < -0.3 is 15.2 Å². The third kappa shape index (κ3) is 2.27. The lowest BCUT2D eigenvalue weighted by atomic mass is 9.94. The fourth-order valence-corrected chi connectivity index (χ4v) is 3.08. The molecule has 1 aliphatic carbocycles. The second kappa shape index (κ2) is 5.16. The summed E-state index contributed by atoms with van der Waals surface area (Å²) in [6.45, 7) is 0. The molecule has 2 aromatic rings. The number of fused-ring (bicyclic) bond motifs is 3. The van der Waals surface area contributed by atoms with E-state index in [-0.39, 0.29) is 5.88 Å². The van der Waals surface area contributed by atoms with E-state index in [1.807, 2.05) is 18.2 Å². The maximum absolute atomic E-state index is 10.0. The van der Waals surface area contributed by atoms with Crippen LogP contribution >= 0.6 is 11.6 Å². The van der Waals surface area contributed by atoms with Gasteiger partial charge in [0.25, 0.3) is 0 Å². The minimum Gasteiger partial charge on any atom is -0.389 e. The highest BCUT2D eigenvalue weighted by atomic mass is 35.5. The van der Waals surface area contributed by atoms with Crippen LogP contribution in [-0.4, -0.2) is 27.2 Å². The number of aliphatic hydroxyl groups is 2. The van der Waals surface area contributed by atoms with Crippen molar-refractivity contribution < 1.29 is 10.2 Å². The lowest BCUT2D eigenvalue weighted by Crippen LogP contribution is -2.19. The molecule has 2 unspecified atom stereocenters. The van der Waals surface area contributed by atoms with Crippen molar-refractivity contribution in [2.45, 2.75) is 37.9 Å². The molecule has 1 aromatic heterocycles. The zero-order valence-electron chi connectivity index (χ0n) is 10.7. The van der Waals surface area contributed by atoms with E-state index in [0.29, 0.717) is 0 Å². The molecular formula is C15H18ClNO2. The van der Waals surface area contributed by atoms with E-state index in [2.05, 4.69) is 4.98 Å². The van der Waals surface area contributed by atoms with Crippen LogP contribution in [0.5, 0.6) is 0 Å². The fraction of sp³-hybridized carbons (Fsp3) is 0.467. The summed E-state index contributed by atoms with van der Waals surface area (Å²) in [5.41, 5.74) is 4.54. The molecule has 1 aliphatic rings. The van der Waals surface area contributed by atoms with Crippen molar-refractivity contribution in [1.82, 2.24) is 4.98 Å². The maximum Gasteiger partial charge on any atom is 0.106 e. The van der Waals surface area contributed by atoms with Crippen LogP contribution in [0.3, 0.4) is 0 Å². The molecule has 19 heavy (non-hydrogen) atoms. The SMILES string of the molecule is OC(CCl)C(O)c1ccc2[nH]c3c(c2c1)CCCC3. The zero-order valence-corrected chi connectivity index (χ0v) is 11.5. The van der Waals surface area contributed by atoms with Crippen LogP contribution in [0.4, 0.5) is 0 Å². The van der Waals surface area contributed by atoms with Gasteiger partial charge in [-0.05, 0) is 48.9 Å². The number of aromatic amines is 1. The highest BCUT2D eigenvalue weighted by Crippen LogP contribution is 2.31. The van der Waals surface area contributed by atoms with Gasteiger partial charge in [-0.25, -0.2) is 0 Å².